The smallest absolute Gasteiger partial charge is 0.337 e. The molecule has 6 heteroatoms. The van der Waals surface area contributed by atoms with E-state index in [2.05, 4.69) is 10.2 Å². The summed E-state index contributed by atoms with van der Waals surface area (Å²) in [4.78, 5) is 27.1. The average Bonchev–Trinajstić information content (AvgIpc) is 2.78. The Morgan fingerprint density at radius 3 is 2.31 bits per heavy atom. The normalized spacial score (nSPS) is 23.8. The van der Waals surface area contributed by atoms with E-state index in [1.165, 1.54) is 7.11 Å². The molecule has 3 heterocycles. The maximum atomic E-state index is 13.1. The lowest BCUT2D eigenvalue weighted by Crippen LogP contribution is -2.52. The number of methoxy groups -OCH3 is 1. The number of esters is 2. The van der Waals surface area contributed by atoms with Crippen molar-refractivity contribution in [1.82, 2.24) is 4.90 Å². The number of ether oxygens (including phenoxy) is 2. The van der Waals surface area contributed by atoms with Crippen LogP contribution in [0.25, 0.3) is 0 Å². The van der Waals surface area contributed by atoms with Gasteiger partial charge in [0, 0.05) is 12.2 Å². The molecule has 0 amide bonds. The monoisotopic (exact) mass is 394 g/mol. The summed E-state index contributed by atoms with van der Waals surface area (Å²) in [6, 6.07) is 15.8. The Hall–Kier alpha value is -2.86. The molecule has 3 saturated heterocycles. The third kappa shape index (κ3) is 4.43. The van der Waals surface area contributed by atoms with Gasteiger partial charge in [0.2, 0.25) is 0 Å². The Morgan fingerprint density at radius 2 is 1.72 bits per heavy atom. The second kappa shape index (κ2) is 8.66. The van der Waals surface area contributed by atoms with Crippen molar-refractivity contribution >= 4 is 17.6 Å². The van der Waals surface area contributed by atoms with Crippen LogP contribution in [-0.4, -0.2) is 49.7 Å². The van der Waals surface area contributed by atoms with Crippen LogP contribution in [0.4, 0.5) is 5.69 Å². The fraction of sp³-hybridized carbons (Fsp3) is 0.391. The summed E-state index contributed by atoms with van der Waals surface area (Å²) in [7, 11) is 1.35. The van der Waals surface area contributed by atoms with Gasteiger partial charge >= 0.3 is 11.9 Å². The van der Waals surface area contributed by atoms with E-state index in [-0.39, 0.29) is 12.1 Å². The van der Waals surface area contributed by atoms with Gasteiger partial charge < -0.3 is 14.8 Å². The highest BCUT2D eigenvalue weighted by Gasteiger charge is 2.37. The maximum Gasteiger partial charge on any atom is 0.337 e. The van der Waals surface area contributed by atoms with E-state index in [4.69, 9.17) is 9.47 Å². The number of benzene rings is 2. The van der Waals surface area contributed by atoms with E-state index < -0.39 is 12.0 Å². The highest BCUT2D eigenvalue weighted by Crippen LogP contribution is 2.31. The quantitative estimate of drug-likeness (QED) is 0.759. The molecule has 0 spiro atoms. The van der Waals surface area contributed by atoms with Gasteiger partial charge in [0.05, 0.1) is 12.7 Å². The summed E-state index contributed by atoms with van der Waals surface area (Å²) in [5.41, 5.74) is 2.04. The largest absolute Gasteiger partial charge is 0.465 e. The summed E-state index contributed by atoms with van der Waals surface area (Å²) in [6.07, 6.45) is 2.15. The Labute approximate surface area is 170 Å². The lowest BCUT2D eigenvalue weighted by Gasteiger charge is -2.44. The van der Waals surface area contributed by atoms with Gasteiger partial charge in [-0.15, -0.1) is 0 Å². The minimum Gasteiger partial charge on any atom is -0.465 e. The molecule has 0 aromatic heterocycles. The van der Waals surface area contributed by atoms with E-state index in [0.29, 0.717) is 11.5 Å². The molecule has 0 aliphatic carbocycles. The van der Waals surface area contributed by atoms with Gasteiger partial charge in [0.25, 0.3) is 0 Å². The lowest BCUT2D eigenvalue weighted by atomic mass is 9.86. The standard InChI is InChI=1S/C23H26N2O4/c1-28-22(26)18-7-9-19(10-8-18)24-21(17-5-3-2-4-6-17)23(27)29-20-15-25-13-11-16(20)12-14-25/h2-10,16,20-21,24H,11-15H2,1H3. The van der Waals surface area contributed by atoms with Crippen molar-refractivity contribution in [3.05, 3.63) is 65.7 Å². The molecular weight excluding hydrogens is 368 g/mol. The molecule has 2 unspecified atom stereocenters. The van der Waals surface area contributed by atoms with Crippen LogP contribution in [0.2, 0.25) is 0 Å². The van der Waals surface area contributed by atoms with Crippen LogP contribution in [0, 0.1) is 5.92 Å². The van der Waals surface area contributed by atoms with Crippen LogP contribution < -0.4 is 5.32 Å². The first-order valence-electron chi connectivity index (χ1n) is 10.1. The number of anilines is 1. The topological polar surface area (TPSA) is 67.9 Å². The van der Waals surface area contributed by atoms with Crippen molar-refractivity contribution in [2.75, 3.05) is 32.1 Å². The predicted octanol–water partition coefficient (Wildman–Crippen LogP) is 3.26. The molecule has 2 aromatic rings. The van der Waals surface area contributed by atoms with Crippen molar-refractivity contribution in [3.63, 3.8) is 0 Å². The number of carbonyl (C=O) groups excluding carboxylic acids is 2. The zero-order chi connectivity index (χ0) is 20.2. The molecule has 2 bridgehead atoms. The Bertz CT molecular complexity index is 845. The third-order valence-electron chi connectivity index (χ3n) is 5.85. The zero-order valence-electron chi connectivity index (χ0n) is 16.5. The molecule has 0 radical (unpaired) electrons. The summed E-state index contributed by atoms with van der Waals surface area (Å²) < 4.78 is 10.7. The molecular formula is C23H26N2O4. The summed E-state index contributed by atoms with van der Waals surface area (Å²) >= 11 is 0. The van der Waals surface area contributed by atoms with E-state index in [0.717, 1.165) is 43.7 Å². The number of fused-ring (bicyclic) bond motifs is 3. The first-order valence-corrected chi connectivity index (χ1v) is 10.1. The SMILES string of the molecule is COC(=O)c1ccc(NC(C(=O)OC2CN3CCC2CC3)c2ccccc2)cc1. The van der Waals surface area contributed by atoms with E-state index in [9.17, 15) is 9.59 Å². The van der Waals surface area contributed by atoms with Crippen molar-refractivity contribution in [2.45, 2.75) is 25.0 Å². The van der Waals surface area contributed by atoms with Gasteiger partial charge in [-0.3, -0.25) is 4.90 Å². The van der Waals surface area contributed by atoms with Crippen molar-refractivity contribution in [1.29, 1.82) is 0 Å². The summed E-state index contributed by atoms with van der Waals surface area (Å²) in [5.74, 6) is -0.204. The fourth-order valence-corrected chi connectivity index (χ4v) is 4.17. The number of rotatable bonds is 6. The summed E-state index contributed by atoms with van der Waals surface area (Å²) in [5, 5.41) is 3.27. The average molecular weight is 394 g/mol. The molecule has 0 saturated carbocycles. The number of hydrogen-bond acceptors (Lipinski definition) is 6. The van der Waals surface area contributed by atoms with Crippen LogP contribution in [0.1, 0.15) is 34.8 Å². The highest BCUT2D eigenvalue weighted by atomic mass is 16.5. The molecule has 3 fully saturated rings. The molecule has 6 nitrogen and oxygen atoms in total. The Balaban J connectivity index is 1.51. The van der Waals surface area contributed by atoms with Crippen molar-refractivity contribution in [3.8, 4) is 0 Å². The second-order valence-electron chi connectivity index (χ2n) is 7.67. The first-order chi connectivity index (χ1) is 14.1. The van der Waals surface area contributed by atoms with Crippen LogP contribution in [0.5, 0.6) is 0 Å². The number of nitrogens with zero attached hydrogens (tertiary/aromatic N) is 1. The molecule has 3 aliphatic heterocycles. The van der Waals surface area contributed by atoms with Gasteiger partial charge in [-0.25, -0.2) is 9.59 Å². The van der Waals surface area contributed by atoms with Crippen LogP contribution in [0.15, 0.2) is 54.6 Å². The molecule has 3 aliphatic rings. The number of nitrogens with one attached hydrogen (secondary N) is 1. The van der Waals surface area contributed by atoms with Crippen LogP contribution in [-0.2, 0) is 14.3 Å². The van der Waals surface area contributed by atoms with Crippen molar-refractivity contribution < 1.29 is 19.1 Å². The molecule has 152 valence electrons. The highest BCUT2D eigenvalue weighted by molar-refractivity contribution is 5.90. The molecule has 2 aromatic carbocycles. The van der Waals surface area contributed by atoms with E-state index >= 15 is 0 Å². The van der Waals surface area contributed by atoms with Crippen molar-refractivity contribution in [2.24, 2.45) is 5.92 Å². The van der Waals surface area contributed by atoms with Gasteiger partial charge in [-0.1, -0.05) is 30.3 Å². The first kappa shape index (κ1) is 19.5. The van der Waals surface area contributed by atoms with Gasteiger partial charge in [-0.2, -0.15) is 0 Å². The molecule has 29 heavy (non-hydrogen) atoms. The number of hydrogen-bond donors (Lipinski definition) is 1. The van der Waals surface area contributed by atoms with Crippen LogP contribution >= 0.6 is 0 Å². The lowest BCUT2D eigenvalue weighted by molar-refractivity contribution is -0.159. The third-order valence-corrected chi connectivity index (χ3v) is 5.85. The molecule has 1 N–H and O–H groups in total. The Morgan fingerprint density at radius 1 is 1.03 bits per heavy atom. The van der Waals surface area contributed by atoms with Gasteiger partial charge in [0.1, 0.15) is 6.10 Å². The number of piperidine rings is 3. The van der Waals surface area contributed by atoms with E-state index in [1.54, 1.807) is 24.3 Å². The predicted molar refractivity (Wildman–Crippen MR) is 110 cm³/mol. The zero-order valence-corrected chi connectivity index (χ0v) is 16.5. The van der Waals surface area contributed by atoms with Crippen LogP contribution in [0.3, 0.4) is 0 Å². The second-order valence-corrected chi connectivity index (χ2v) is 7.67. The summed E-state index contributed by atoms with van der Waals surface area (Å²) in [6.45, 7) is 3.03. The molecule has 2 atom stereocenters. The Kier molecular flexibility index (Phi) is 5.81. The van der Waals surface area contributed by atoms with Gasteiger partial charge in [-0.05, 0) is 61.7 Å². The van der Waals surface area contributed by atoms with Gasteiger partial charge in [0.15, 0.2) is 6.04 Å². The maximum absolute atomic E-state index is 13.1. The minimum absolute atomic E-state index is 0.0419. The van der Waals surface area contributed by atoms with E-state index in [1.807, 2.05) is 30.3 Å². The number of carbonyl (C=O) groups is 2. The fourth-order valence-electron chi connectivity index (χ4n) is 4.17. The molecule has 5 rings (SSSR count). The minimum atomic E-state index is -0.615.